The number of benzene rings is 3. The summed E-state index contributed by atoms with van der Waals surface area (Å²) in [4.78, 5) is 0. The highest BCUT2D eigenvalue weighted by Gasteiger charge is 2.00. The van der Waals surface area contributed by atoms with Crippen LogP contribution in [0.25, 0.3) is 21.9 Å². The molecule has 0 amide bonds. The van der Waals surface area contributed by atoms with Gasteiger partial charge < -0.3 is 4.52 Å². The van der Waals surface area contributed by atoms with Gasteiger partial charge >= 0.3 is 0 Å². The molecule has 0 saturated heterocycles. The van der Waals surface area contributed by atoms with Crippen molar-refractivity contribution >= 4 is 20.2 Å². The zero-order valence-corrected chi connectivity index (χ0v) is 11.0. The van der Waals surface area contributed by atoms with E-state index in [1.807, 2.05) is 12.1 Å². The van der Waals surface area contributed by atoms with Crippen LogP contribution >= 0.6 is 9.47 Å². The normalized spacial score (nSPS) is 10.5. The van der Waals surface area contributed by atoms with Crippen molar-refractivity contribution in [2.45, 2.75) is 0 Å². The first kappa shape index (κ1) is 11.3. The second-order valence-electron chi connectivity index (χ2n) is 4.20. The molecule has 0 bridgehead atoms. The fraction of sp³-hybridized carbons (Fsp3) is 0. The lowest BCUT2D eigenvalue weighted by Crippen LogP contribution is -1.80. The first-order chi connectivity index (χ1) is 8.86. The van der Waals surface area contributed by atoms with Gasteiger partial charge in [0.15, 0.2) is 0 Å². The van der Waals surface area contributed by atoms with Gasteiger partial charge in [0, 0.05) is 0 Å². The predicted molar refractivity (Wildman–Crippen MR) is 79.7 cm³/mol. The van der Waals surface area contributed by atoms with Crippen molar-refractivity contribution in [3.63, 3.8) is 0 Å². The number of hydrogen-bond acceptors (Lipinski definition) is 1. The lowest BCUT2D eigenvalue weighted by atomic mass is 10.0. The Morgan fingerprint density at radius 3 is 2.06 bits per heavy atom. The summed E-state index contributed by atoms with van der Waals surface area (Å²) in [5.41, 5.74) is 2.43. The van der Waals surface area contributed by atoms with Crippen LogP contribution in [0.2, 0.25) is 0 Å². The Hall–Kier alpha value is -1.85. The smallest absolute Gasteiger partial charge is 0.122 e. The molecule has 0 N–H and O–H groups in total. The van der Waals surface area contributed by atoms with E-state index in [4.69, 9.17) is 4.52 Å². The minimum atomic E-state index is 0.851. The third-order valence-electron chi connectivity index (χ3n) is 3.07. The molecule has 2 heteroatoms. The van der Waals surface area contributed by atoms with E-state index in [1.165, 1.54) is 21.9 Å². The van der Waals surface area contributed by atoms with E-state index >= 15 is 0 Å². The van der Waals surface area contributed by atoms with E-state index in [0.29, 0.717) is 0 Å². The highest BCUT2D eigenvalue weighted by molar-refractivity contribution is 7.10. The fourth-order valence-corrected chi connectivity index (χ4v) is 2.25. The topological polar surface area (TPSA) is 9.23 Å². The average molecular weight is 252 g/mol. The second kappa shape index (κ2) is 4.80. The molecule has 1 unspecified atom stereocenters. The molecule has 3 aromatic rings. The van der Waals surface area contributed by atoms with Gasteiger partial charge in [0.2, 0.25) is 0 Å². The molecule has 0 saturated carbocycles. The quantitative estimate of drug-likeness (QED) is 0.602. The third kappa shape index (κ3) is 2.10. The van der Waals surface area contributed by atoms with Gasteiger partial charge in [0.05, 0.1) is 9.47 Å². The van der Waals surface area contributed by atoms with Crippen molar-refractivity contribution in [2.24, 2.45) is 0 Å². The molecule has 1 nitrogen and oxygen atoms in total. The van der Waals surface area contributed by atoms with Gasteiger partial charge in [-0.25, -0.2) is 0 Å². The van der Waals surface area contributed by atoms with Gasteiger partial charge in [-0.3, -0.25) is 0 Å². The Bertz CT molecular complexity index is 674. The number of fused-ring (bicyclic) bond motifs is 1. The first-order valence-corrected chi connectivity index (χ1v) is 6.30. The van der Waals surface area contributed by atoms with Crippen LogP contribution < -0.4 is 4.52 Å². The molecule has 0 fully saturated rings. The maximum Gasteiger partial charge on any atom is 0.122 e. The molecule has 3 aromatic carbocycles. The van der Waals surface area contributed by atoms with Crippen molar-refractivity contribution in [1.82, 2.24) is 0 Å². The fourth-order valence-electron chi connectivity index (χ4n) is 2.09. The molecule has 3 rings (SSSR count). The summed E-state index contributed by atoms with van der Waals surface area (Å²) in [6.07, 6.45) is 0. The third-order valence-corrected chi connectivity index (χ3v) is 3.35. The highest BCUT2D eigenvalue weighted by atomic mass is 31.0. The summed E-state index contributed by atoms with van der Waals surface area (Å²) in [5, 5.41) is 2.53. The lowest BCUT2D eigenvalue weighted by molar-refractivity contribution is 0.646. The maximum absolute atomic E-state index is 5.09. The Morgan fingerprint density at radius 1 is 0.667 bits per heavy atom. The molecule has 0 aromatic heterocycles. The van der Waals surface area contributed by atoms with E-state index in [-0.39, 0.29) is 0 Å². The predicted octanol–water partition coefficient (Wildman–Crippen LogP) is 4.68. The van der Waals surface area contributed by atoms with Gasteiger partial charge in [-0.15, -0.1) is 0 Å². The zero-order valence-electron chi connectivity index (χ0n) is 9.84. The van der Waals surface area contributed by atoms with Crippen molar-refractivity contribution in [3.8, 4) is 16.9 Å². The molecular weight excluding hydrogens is 239 g/mol. The van der Waals surface area contributed by atoms with Crippen LogP contribution in [-0.4, -0.2) is 0 Å². The highest BCUT2D eigenvalue weighted by Crippen LogP contribution is 2.26. The molecule has 1 atom stereocenters. The Labute approximate surface area is 109 Å². The van der Waals surface area contributed by atoms with E-state index in [2.05, 4.69) is 64.1 Å². The van der Waals surface area contributed by atoms with Gasteiger partial charge in [-0.1, -0.05) is 48.5 Å². The molecule has 0 radical (unpaired) electrons. The number of hydrogen-bond donors (Lipinski definition) is 0. The molecule has 0 heterocycles. The van der Waals surface area contributed by atoms with Crippen LogP contribution in [0.15, 0.2) is 66.7 Å². The van der Waals surface area contributed by atoms with Gasteiger partial charge in [-0.2, -0.15) is 0 Å². The summed E-state index contributed by atoms with van der Waals surface area (Å²) in [5.74, 6) is 0.851. The SMILES string of the molecule is POc1ccc(-c2ccc3ccccc3c2)cc1. The van der Waals surface area contributed by atoms with Crippen molar-refractivity contribution < 1.29 is 4.52 Å². The molecule has 18 heavy (non-hydrogen) atoms. The Kier molecular flexibility index (Phi) is 3.00. The summed E-state index contributed by atoms with van der Waals surface area (Å²) < 4.78 is 5.09. The van der Waals surface area contributed by atoms with E-state index < -0.39 is 0 Å². The van der Waals surface area contributed by atoms with E-state index in [9.17, 15) is 0 Å². The standard InChI is InChI=1S/C16H13OP/c18-17-16-9-7-13(8-10-16)15-6-5-12-3-1-2-4-14(12)11-15/h1-11H,18H2. The van der Waals surface area contributed by atoms with Crippen molar-refractivity contribution in [1.29, 1.82) is 0 Å². The molecule has 0 aliphatic carbocycles. The number of rotatable bonds is 2. The zero-order chi connectivity index (χ0) is 12.4. The van der Waals surface area contributed by atoms with Crippen LogP contribution in [0.1, 0.15) is 0 Å². The molecule has 0 aliphatic heterocycles. The minimum absolute atomic E-state index is 0.851. The van der Waals surface area contributed by atoms with Gasteiger partial charge in [0.1, 0.15) is 5.75 Å². The van der Waals surface area contributed by atoms with E-state index in [0.717, 1.165) is 5.75 Å². The van der Waals surface area contributed by atoms with Gasteiger partial charge in [0.25, 0.3) is 0 Å². The Morgan fingerprint density at radius 2 is 1.33 bits per heavy atom. The largest absolute Gasteiger partial charge is 0.480 e. The first-order valence-electron chi connectivity index (χ1n) is 5.83. The molecule has 88 valence electrons. The maximum atomic E-state index is 5.09. The summed E-state index contributed by atoms with van der Waals surface area (Å²) in [6.45, 7) is 0. The van der Waals surface area contributed by atoms with Gasteiger partial charge in [-0.05, 0) is 40.1 Å². The van der Waals surface area contributed by atoms with Crippen molar-refractivity contribution in [2.75, 3.05) is 0 Å². The lowest BCUT2D eigenvalue weighted by Gasteiger charge is -2.05. The van der Waals surface area contributed by atoms with Crippen LogP contribution in [0.5, 0.6) is 5.75 Å². The van der Waals surface area contributed by atoms with Crippen LogP contribution in [-0.2, 0) is 0 Å². The van der Waals surface area contributed by atoms with Crippen LogP contribution in [0.4, 0.5) is 0 Å². The monoisotopic (exact) mass is 252 g/mol. The van der Waals surface area contributed by atoms with E-state index in [1.54, 1.807) is 0 Å². The average Bonchev–Trinajstić information content (AvgIpc) is 2.47. The summed E-state index contributed by atoms with van der Waals surface area (Å²) >= 11 is 0. The summed E-state index contributed by atoms with van der Waals surface area (Å²) in [7, 11) is 2.26. The second-order valence-corrected chi connectivity index (χ2v) is 4.44. The van der Waals surface area contributed by atoms with Crippen molar-refractivity contribution in [3.05, 3.63) is 66.7 Å². The summed E-state index contributed by atoms with van der Waals surface area (Å²) in [6, 6.07) is 23.0. The molecule has 0 aliphatic rings. The minimum Gasteiger partial charge on any atom is -0.480 e. The molecule has 0 spiro atoms. The molecular formula is C16H13OP. The van der Waals surface area contributed by atoms with Crippen LogP contribution in [0.3, 0.4) is 0 Å². The Balaban J connectivity index is 2.07. The van der Waals surface area contributed by atoms with Crippen LogP contribution in [0, 0.1) is 0 Å².